The van der Waals surface area contributed by atoms with E-state index in [4.69, 9.17) is 9.47 Å². The fourth-order valence-corrected chi connectivity index (χ4v) is 4.44. The van der Waals surface area contributed by atoms with Crippen LogP contribution < -0.4 is 5.32 Å². The average Bonchev–Trinajstić information content (AvgIpc) is 3.51. The third-order valence-electron chi connectivity index (χ3n) is 5.99. The van der Waals surface area contributed by atoms with Gasteiger partial charge in [0.1, 0.15) is 6.04 Å². The molecule has 2 fully saturated rings. The van der Waals surface area contributed by atoms with Gasteiger partial charge in [0.05, 0.1) is 12.6 Å². The average molecular weight is 474 g/mol. The van der Waals surface area contributed by atoms with Crippen LogP contribution in [0.3, 0.4) is 0 Å². The van der Waals surface area contributed by atoms with Crippen LogP contribution in [-0.4, -0.2) is 77.3 Å². The van der Waals surface area contributed by atoms with Gasteiger partial charge < -0.3 is 24.6 Å². The van der Waals surface area contributed by atoms with Crippen LogP contribution in [-0.2, 0) is 35.2 Å². The zero-order valence-corrected chi connectivity index (χ0v) is 19.5. The van der Waals surface area contributed by atoms with E-state index in [1.165, 1.54) is 9.80 Å². The van der Waals surface area contributed by atoms with E-state index in [1.54, 1.807) is 6.92 Å². The summed E-state index contributed by atoms with van der Waals surface area (Å²) in [6, 6.07) is 7.50. The largest absolute Gasteiger partial charge is 0.463 e. The number of urea groups is 1. The number of hydrogen-bond donors (Lipinski definition) is 1. The molecule has 0 radical (unpaired) electrons. The van der Waals surface area contributed by atoms with E-state index in [-0.39, 0.29) is 18.5 Å². The smallest absolute Gasteiger partial charge is 0.355 e. The summed E-state index contributed by atoms with van der Waals surface area (Å²) in [5, 5.41) is 2.85. The van der Waals surface area contributed by atoms with Gasteiger partial charge in [-0.1, -0.05) is 30.3 Å². The van der Waals surface area contributed by atoms with Gasteiger partial charge in [0.25, 0.3) is 6.10 Å². The number of benzene rings is 1. The molecule has 3 atom stereocenters. The minimum atomic E-state index is -1.72. The number of carbonyl (C=O) groups is 5. The van der Waals surface area contributed by atoms with Crippen molar-refractivity contribution in [2.24, 2.45) is 0 Å². The number of likely N-dealkylation sites (tertiary alicyclic amines) is 2. The molecule has 1 aromatic carbocycles. The van der Waals surface area contributed by atoms with Crippen molar-refractivity contribution in [2.75, 3.05) is 19.7 Å². The van der Waals surface area contributed by atoms with Gasteiger partial charge in [-0.05, 0) is 38.2 Å². The molecule has 1 aromatic rings. The zero-order chi connectivity index (χ0) is 24.7. The molecule has 0 aromatic heterocycles. The molecule has 34 heavy (non-hydrogen) atoms. The highest BCUT2D eigenvalue weighted by Gasteiger charge is 2.46. The Balaban J connectivity index is 1.69. The Morgan fingerprint density at radius 3 is 2.29 bits per heavy atom. The number of hydrogen-bond acceptors (Lipinski definition) is 7. The summed E-state index contributed by atoms with van der Waals surface area (Å²) in [5.74, 6) is -2.77. The summed E-state index contributed by atoms with van der Waals surface area (Å²) in [4.78, 5) is 66.0. The molecule has 184 valence electrons. The summed E-state index contributed by atoms with van der Waals surface area (Å²) < 4.78 is 9.84. The van der Waals surface area contributed by atoms with Gasteiger partial charge in [0.15, 0.2) is 0 Å². The summed E-state index contributed by atoms with van der Waals surface area (Å²) in [5.41, 5.74) is 0.943. The summed E-state index contributed by atoms with van der Waals surface area (Å²) in [7, 11) is 0. The standard InChI is InChI=1S/C24H31N3O7/c1-3-33-23(31)21(34-16(2)28)20(29)18-11-7-13-26(18)22(30)19-12-8-14-27(19)24(32)25-15-17-9-5-4-6-10-17/h4-6,9-10,18-19,21H,3,7-8,11-15H2,1-2H3,(H,25,32)/t18-,19-,21+/m0/s1. The highest BCUT2D eigenvalue weighted by molar-refractivity contribution is 6.07. The second-order valence-corrected chi connectivity index (χ2v) is 8.33. The third-order valence-corrected chi connectivity index (χ3v) is 5.99. The Kier molecular flexibility index (Phi) is 8.61. The van der Waals surface area contributed by atoms with Crippen molar-refractivity contribution >= 4 is 29.7 Å². The normalized spacial score (nSPS) is 20.5. The van der Waals surface area contributed by atoms with Crippen molar-refractivity contribution in [3.8, 4) is 0 Å². The lowest BCUT2D eigenvalue weighted by Crippen LogP contribution is -2.55. The molecule has 0 spiro atoms. The zero-order valence-electron chi connectivity index (χ0n) is 19.5. The van der Waals surface area contributed by atoms with Crippen LogP contribution in [0.2, 0.25) is 0 Å². The quantitative estimate of drug-likeness (QED) is 0.447. The van der Waals surface area contributed by atoms with Crippen molar-refractivity contribution in [1.29, 1.82) is 0 Å². The number of amides is 3. The van der Waals surface area contributed by atoms with E-state index in [0.717, 1.165) is 12.5 Å². The van der Waals surface area contributed by atoms with Gasteiger partial charge in [-0.15, -0.1) is 0 Å². The fraction of sp³-hybridized carbons (Fsp3) is 0.542. The van der Waals surface area contributed by atoms with Gasteiger partial charge in [-0.2, -0.15) is 0 Å². The van der Waals surface area contributed by atoms with Crippen molar-refractivity contribution in [3.05, 3.63) is 35.9 Å². The molecule has 2 aliphatic heterocycles. The van der Waals surface area contributed by atoms with E-state index >= 15 is 0 Å². The second kappa shape index (κ2) is 11.6. The number of carbonyl (C=O) groups excluding carboxylic acids is 5. The van der Waals surface area contributed by atoms with Crippen molar-refractivity contribution in [2.45, 2.75) is 64.3 Å². The predicted molar refractivity (Wildman–Crippen MR) is 120 cm³/mol. The van der Waals surface area contributed by atoms with Crippen LogP contribution in [0.4, 0.5) is 4.79 Å². The molecule has 0 aliphatic carbocycles. The highest BCUT2D eigenvalue weighted by atomic mass is 16.6. The molecular formula is C24H31N3O7. The number of ether oxygens (including phenoxy) is 2. The Hall–Kier alpha value is -3.43. The lowest BCUT2D eigenvalue weighted by molar-refractivity contribution is -0.171. The maximum Gasteiger partial charge on any atom is 0.355 e. The molecule has 10 nitrogen and oxygen atoms in total. The van der Waals surface area contributed by atoms with Gasteiger partial charge in [-0.25, -0.2) is 9.59 Å². The van der Waals surface area contributed by atoms with Crippen molar-refractivity contribution < 1.29 is 33.4 Å². The first kappa shape index (κ1) is 25.2. The number of nitrogens with zero attached hydrogens (tertiary/aromatic N) is 2. The Morgan fingerprint density at radius 1 is 1.00 bits per heavy atom. The van der Waals surface area contributed by atoms with Gasteiger partial charge >= 0.3 is 18.0 Å². The highest BCUT2D eigenvalue weighted by Crippen LogP contribution is 2.26. The molecule has 3 amide bonds. The van der Waals surface area contributed by atoms with Crippen LogP contribution in [0, 0.1) is 0 Å². The first-order valence-electron chi connectivity index (χ1n) is 11.6. The molecule has 10 heteroatoms. The van der Waals surface area contributed by atoms with Crippen LogP contribution >= 0.6 is 0 Å². The molecule has 1 N–H and O–H groups in total. The molecular weight excluding hydrogens is 442 g/mol. The van der Waals surface area contributed by atoms with Crippen molar-refractivity contribution in [3.63, 3.8) is 0 Å². The van der Waals surface area contributed by atoms with E-state index in [2.05, 4.69) is 5.32 Å². The fourth-order valence-electron chi connectivity index (χ4n) is 4.44. The van der Waals surface area contributed by atoms with Gasteiger partial charge in [-0.3, -0.25) is 14.4 Å². The Bertz CT molecular complexity index is 920. The first-order valence-corrected chi connectivity index (χ1v) is 11.6. The first-order chi connectivity index (χ1) is 16.3. The predicted octanol–water partition coefficient (Wildman–Crippen LogP) is 1.42. The number of ketones is 1. The summed E-state index contributed by atoms with van der Waals surface area (Å²) >= 11 is 0. The minimum Gasteiger partial charge on any atom is -0.463 e. The molecule has 0 unspecified atom stereocenters. The van der Waals surface area contributed by atoms with Gasteiger partial charge in [0.2, 0.25) is 11.7 Å². The maximum absolute atomic E-state index is 13.4. The van der Waals surface area contributed by atoms with Crippen LogP contribution in [0.15, 0.2) is 30.3 Å². The third kappa shape index (κ3) is 5.92. The molecule has 2 heterocycles. The summed E-state index contributed by atoms with van der Waals surface area (Å²) in [6.45, 7) is 3.79. The number of nitrogens with one attached hydrogen (secondary N) is 1. The lowest BCUT2D eigenvalue weighted by Gasteiger charge is -2.31. The van der Waals surface area contributed by atoms with Crippen LogP contribution in [0.25, 0.3) is 0 Å². The monoisotopic (exact) mass is 473 g/mol. The van der Waals surface area contributed by atoms with Crippen molar-refractivity contribution in [1.82, 2.24) is 15.1 Å². The number of rotatable bonds is 8. The molecule has 2 saturated heterocycles. The molecule has 2 aliphatic rings. The van der Waals surface area contributed by atoms with Crippen LogP contribution in [0.5, 0.6) is 0 Å². The molecule has 0 saturated carbocycles. The Morgan fingerprint density at radius 2 is 1.65 bits per heavy atom. The second-order valence-electron chi connectivity index (χ2n) is 8.33. The van der Waals surface area contributed by atoms with E-state index in [1.807, 2.05) is 30.3 Å². The topological polar surface area (TPSA) is 122 Å². The van der Waals surface area contributed by atoms with E-state index < -0.39 is 35.9 Å². The van der Waals surface area contributed by atoms with E-state index in [0.29, 0.717) is 45.3 Å². The molecule has 0 bridgehead atoms. The lowest BCUT2D eigenvalue weighted by atomic mass is 10.0. The minimum absolute atomic E-state index is 0.0202. The number of Topliss-reactive ketones (excluding diaryl/α,β-unsaturated/α-hetero) is 1. The van der Waals surface area contributed by atoms with Gasteiger partial charge in [0, 0.05) is 26.6 Å². The summed E-state index contributed by atoms with van der Waals surface area (Å²) in [6.07, 6.45) is 0.338. The number of esters is 2. The van der Waals surface area contributed by atoms with E-state index in [9.17, 15) is 24.0 Å². The Labute approximate surface area is 198 Å². The van der Waals surface area contributed by atoms with Crippen LogP contribution in [0.1, 0.15) is 45.1 Å². The maximum atomic E-state index is 13.4. The molecule has 3 rings (SSSR count). The SMILES string of the molecule is CCOC(=O)[C@H](OC(C)=O)C(=O)[C@@H]1CCCN1C(=O)[C@@H]1CCCN1C(=O)NCc1ccccc1.